The van der Waals surface area contributed by atoms with Crippen LogP contribution in [-0.2, 0) is 16.6 Å². The molecule has 1 N–H and O–H groups in total. The van der Waals surface area contributed by atoms with Crippen molar-refractivity contribution >= 4 is 5.91 Å². The molecule has 0 bridgehead atoms. The van der Waals surface area contributed by atoms with Gasteiger partial charge in [-0.2, -0.15) is 0 Å². The Morgan fingerprint density at radius 1 is 1.33 bits per heavy atom. The number of rotatable bonds is 2. The minimum atomic E-state index is -0.360. The predicted molar refractivity (Wildman–Crippen MR) is 83.1 cm³/mol. The lowest BCUT2D eigenvalue weighted by atomic mass is 9.70. The molecular formula is C18H25NO2. The topological polar surface area (TPSA) is 40.5 Å². The molecule has 0 saturated carbocycles. The number of aliphatic hydroxyl groups excluding tert-OH is 1. The van der Waals surface area contributed by atoms with Gasteiger partial charge in [-0.1, -0.05) is 24.3 Å². The Kier molecular flexibility index (Phi) is 4.03. The first-order chi connectivity index (χ1) is 10.1. The van der Waals surface area contributed by atoms with Gasteiger partial charge >= 0.3 is 0 Å². The average molecular weight is 287 g/mol. The van der Waals surface area contributed by atoms with E-state index in [0.717, 1.165) is 45.2 Å². The molecule has 21 heavy (non-hydrogen) atoms. The van der Waals surface area contributed by atoms with Gasteiger partial charge in [0.1, 0.15) is 0 Å². The van der Waals surface area contributed by atoms with Gasteiger partial charge in [-0.05, 0) is 56.1 Å². The van der Waals surface area contributed by atoms with Crippen LogP contribution in [-0.4, -0.2) is 35.6 Å². The summed E-state index contributed by atoms with van der Waals surface area (Å²) in [5.41, 5.74) is 2.20. The van der Waals surface area contributed by atoms with Gasteiger partial charge in [-0.15, -0.1) is 0 Å². The van der Waals surface area contributed by atoms with Crippen molar-refractivity contribution in [3.8, 4) is 0 Å². The van der Waals surface area contributed by atoms with E-state index in [4.69, 9.17) is 0 Å². The summed E-state index contributed by atoms with van der Waals surface area (Å²) in [5, 5.41) is 9.24. The largest absolute Gasteiger partial charge is 0.396 e. The second-order valence-electron chi connectivity index (χ2n) is 6.76. The molecule has 1 heterocycles. The second-order valence-corrected chi connectivity index (χ2v) is 6.76. The minimum absolute atomic E-state index is 0.252. The Morgan fingerprint density at radius 2 is 2.05 bits per heavy atom. The normalized spacial score (nSPS) is 26.5. The van der Waals surface area contributed by atoms with Crippen molar-refractivity contribution in [1.82, 2.24) is 4.90 Å². The lowest BCUT2D eigenvalue weighted by Gasteiger charge is -2.41. The van der Waals surface area contributed by atoms with Crippen molar-refractivity contribution in [2.45, 2.75) is 44.4 Å². The number of amides is 1. The number of benzene rings is 1. The molecule has 114 valence electrons. The Balaban J connectivity index is 1.82. The Hall–Kier alpha value is -1.35. The zero-order chi connectivity index (χ0) is 14.9. The fraction of sp³-hybridized carbons (Fsp3) is 0.611. The molecule has 1 aromatic rings. The van der Waals surface area contributed by atoms with Crippen LogP contribution in [0.25, 0.3) is 0 Å². The molecule has 3 heteroatoms. The van der Waals surface area contributed by atoms with Gasteiger partial charge in [-0.25, -0.2) is 0 Å². The number of fused-ring (bicyclic) bond motifs is 1. The molecule has 1 aliphatic carbocycles. The van der Waals surface area contributed by atoms with E-state index in [9.17, 15) is 9.90 Å². The summed E-state index contributed by atoms with van der Waals surface area (Å²) in [5.74, 6) is 0.659. The molecule has 1 atom stereocenters. The summed E-state index contributed by atoms with van der Waals surface area (Å²) in [6, 6.07) is 8.42. The number of aryl methyl sites for hydroxylation is 1. The molecule has 1 saturated heterocycles. The Bertz CT molecular complexity index is 520. The fourth-order valence-corrected chi connectivity index (χ4v) is 3.93. The highest BCUT2D eigenvalue weighted by Crippen LogP contribution is 2.39. The summed E-state index contributed by atoms with van der Waals surface area (Å²) < 4.78 is 0. The van der Waals surface area contributed by atoms with Crippen LogP contribution in [0.3, 0.4) is 0 Å². The van der Waals surface area contributed by atoms with Gasteiger partial charge in [0.15, 0.2) is 0 Å². The van der Waals surface area contributed by atoms with Gasteiger partial charge in [0.05, 0.1) is 5.41 Å². The number of carbonyl (C=O) groups is 1. The molecule has 1 aromatic carbocycles. The molecule has 1 aliphatic heterocycles. The molecule has 1 amide bonds. The number of aliphatic hydroxyl groups is 1. The van der Waals surface area contributed by atoms with E-state index in [2.05, 4.69) is 25.1 Å². The Morgan fingerprint density at radius 3 is 2.76 bits per heavy atom. The van der Waals surface area contributed by atoms with Gasteiger partial charge < -0.3 is 10.0 Å². The van der Waals surface area contributed by atoms with Crippen molar-refractivity contribution in [3.05, 3.63) is 35.4 Å². The van der Waals surface area contributed by atoms with E-state index in [-0.39, 0.29) is 17.9 Å². The lowest BCUT2D eigenvalue weighted by Crippen LogP contribution is -2.49. The molecule has 1 fully saturated rings. The van der Waals surface area contributed by atoms with Crippen LogP contribution in [0.4, 0.5) is 0 Å². The highest BCUT2D eigenvalue weighted by molar-refractivity contribution is 5.88. The number of carbonyl (C=O) groups excluding carboxylic acids is 1. The monoisotopic (exact) mass is 287 g/mol. The molecule has 0 radical (unpaired) electrons. The minimum Gasteiger partial charge on any atom is -0.396 e. The SMILES string of the molecule is CC1(C(=O)N2CCC(CO)CC2)CCCc2ccccc21. The maximum absolute atomic E-state index is 13.1. The van der Waals surface area contributed by atoms with E-state index >= 15 is 0 Å². The van der Waals surface area contributed by atoms with Crippen LogP contribution in [0.15, 0.2) is 24.3 Å². The van der Waals surface area contributed by atoms with Crippen molar-refractivity contribution in [3.63, 3.8) is 0 Å². The average Bonchev–Trinajstić information content (AvgIpc) is 2.55. The maximum Gasteiger partial charge on any atom is 0.232 e. The lowest BCUT2D eigenvalue weighted by molar-refractivity contribution is -0.139. The van der Waals surface area contributed by atoms with Crippen LogP contribution >= 0.6 is 0 Å². The van der Waals surface area contributed by atoms with Crippen LogP contribution in [0.2, 0.25) is 0 Å². The zero-order valence-electron chi connectivity index (χ0n) is 12.8. The van der Waals surface area contributed by atoms with Crippen LogP contribution in [0.1, 0.15) is 43.7 Å². The third kappa shape index (κ3) is 2.59. The van der Waals surface area contributed by atoms with Crippen molar-refractivity contribution in [2.75, 3.05) is 19.7 Å². The van der Waals surface area contributed by atoms with E-state index in [1.165, 1.54) is 11.1 Å². The third-order valence-electron chi connectivity index (χ3n) is 5.37. The molecule has 3 rings (SSSR count). The first-order valence-corrected chi connectivity index (χ1v) is 8.14. The molecule has 3 nitrogen and oxygen atoms in total. The molecule has 0 aromatic heterocycles. The van der Waals surface area contributed by atoms with Crippen LogP contribution in [0, 0.1) is 5.92 Å². The van der Waals surface area contributed by atoms with Crippen LogP contribution < -0.4 is 0 Å². The number of likely N-dealkylation sites (tertiary alicyclic amines) is 1. The summed E-state index contributed by atoms with van der Waals surface area (Å²) in [7, 11) is 0. The third-order valence-corrected chi connectivity index (χ3v) is 5.37. The van der Waals surface area contributed by atoms with E-state index in [1.807, 2.05) is 11.0 Å². The number of piperidine rings is 1. The van der Waals surface area contributed by atoms with E-state index in [1.54, 1.807) is 0 Å². The highest BCUT2D eigenvalue weighted by atomic mass is 16.3. The first-order valence-electron chi connectivity index (χ1n) is 8.14. The van der Waals surface area contributed by atoms with Crippen LogP contribution in [0.5, 0.6) is 0 Å². The number of nitrogens with zero attached hydrogens (tertiary/aromatic N) is 1. The molecule has 0 spiro atoms. The molecule has 2 aliphatic rings. The van der Waals surface area contributed by atoms with E-state index < -0.39 is 0 Å². The summed E-state index contributed by atoms with van der Waals surface area (Å²) in [6.07, 6.45) is 4.99. The molecule has 1 unspecified atom stereocenters. The number of hydrogen-bond donors (Lipinski definition) is 1. The highest BCUT2D eigenvalue weighted by Gasteiger charge is 2.41. The standard InChI is InChI=1S/C18H25NO2/c1-18(10-4-6-15-5-2-3-7-16(15)18)17(21)19-11-8-14(13-20)9-12-19/h2-3,5,7,14,20H,4,6,8-13H2,1H3. The van der Waals surface area contributed by atoms with Crippen molar-refractivity contribution < 1.29 is 9.90 Å². The van der Waals surface area contributed by atoms with Crippen molar-refractivity contribution in [2.24, 2.45) is 5.92 Å². The predicted octanol–water partition coefficient (Wildman–Crippen LogP) is 2.51. The first kappa shape index (κ1) is 14.6. The molecular weight excluding hydrogens is 262 g/mol. The summed E-state index contributed by atoms with van der Waals surface area (Å²) >= 11 is 0. The van der Waals surface area contributed by atoms with Crippen molar-refractivity contribution in [1.29, 1.82) is 0 Å². The van der Waals surface area contributed by atoms with Gasteiger partial charge in [0, 0.05) is 19.7 Å². The quantitative estimate of drug-likeness (QED) is 0.908. The Labute approximate surface area is 127 Å². The fourth-order valence-electron chi connectivity index (χ4n) is 3.93. The zero-order valence-corrected chi connectivity index (χ0v) is 12.8. The number of hydrogen-bond acceptors (Lipinski definition) is 2. The second kappa shape index (κ2) is 5.80. The van der Waals surface area contributed by atoms with Gasteiger partial charge in [0.25, 0.3) is 0 Å². The maximum atomic E-state index is 13.1. The summed E-state index contributed by atoms with van der Waals surface area (Å²) in [4.78, 5) is 15.1. The summed E-state index contributed by atoms with van der Waals surface area (Å²) in [6.45, 7) is 3.96. The van der Waals surface area contributed by atoms with Gasteiger partial charge in [-0.3, -0.25) is 4.79 Å². The van der Waals surface area contributed by atoms with Gasteiger partial charge in [0.2, 0.25) is 5.91 Å². The smallest absolute Gasteiger partial charge is 0.232 e. The van der Waals surface area contributed by atoms with E-state index in [0.29, 0.717) is 5.92 Å².